The first-order valence-electron chi connectivity index (χ1n) is 6.02. The molecule has 17 heavy (non-hydrogen) atoms. The van der Waals surface area contributed by atoms with Crippen LogP contribution in [0.3, 0.4) is 0 Å². The molecule has 3 heteroatoms. The van der Waals surface area contributed by atoms with Crippen molar-refractivity contribution in [3.63, 3.8) is 0 Å². The first-order valence-corrected chi connectivity index (χ1v) is 6.02. The lowest BCUT2D eigenvalue weighted by molar-refractivity contribution is -0.138. The Kier molecular flexibility index (Phi) is 4.70. The van der Waals surface area contributed by atoms with Gasteiger partial charge in [0.05, 0.1) is 12.0 Å². The highest BCUT2D eigenvalue weighted by Gasteiger charge is 2.27. The van der Waals surface area contributed by atoms with Gasteiger partial charge in [0, 0.05) is 0 Å². The fourth-order valence-corrected chi connectivity index (χ4v) is 1.97. The number of hydrogen-bond acceptors (Lipinski definition) is 2. The summed E-state index contributed by atoms with van der Waals surface area (Å²) in [4.78, 5) is 10.9. The van der Waals surface area contributed by atoms with E-state index in [2.05, 4.69) is 24.4 Å². The Balaban J connectivity index is 2.92. The average molecular weight is 235 g/mol. The Morgan fingerprint density at radius 2 is 1.94 bits per heavy atom. The molecule has 0 heterocycles. The van der Waals surface area contributed by atoms with Crippen LogP contribution in [-0.2, 0) is 16.8 Å². The Morgan fingerprint density at radius 3 is 2.35 bits per heavy atom. The zero-order valence-corrected chi connectivity index (χ0v) is 10.8. The van der Waals surface area contributed by atoms with Gasteiger partial charge in [-0.25, -0.2) is 0 Å². The molecule has 0 aromatic heterocycles. The van der Waals surface area contributed by atoms with Crippen molar-refractivity contribution in [1.82, 2.24) is 5.32 Å². The van der Waals surface area contributed by atoms with Crippen LogP contribution in [0.15, 0.2) is 24.3 Å². The number of rotatable bonds is 6. The third-order valence-electron chi connectivity index (χ3n) is 3.19. The normalized spacial score (nSPS) is 14.3. The lowest BCUT2D eigenvalue weighted by Gasteiger charge is -2.28. The zero-order valence-electron chi connectivity index (χ0n) is 10.8. The van der Waals surface area contributed by atoms with Gasteiger partial charge in [-0.1, -0.05) is 37.6 Å². The zero-order chi connectivity index (χ0) is 12.9. The molecule has 3 nitrogen and oxygen atoms in total. The summed E-state index contributed by atoms with van der Waals surface area (Å²) in [5, 5.41) is 12.0. The van der Waals surface area contributed by atoms with Crippen LogP contribution in [0.5, 0.6) is 0 Å². The molecule has 0 aliphatic rings. The number of hydrogen-bond donors (Lipinski definition) is 2. The summed E-state index contributed by atoms with van der Waals surface area (Å²) in [5.74, 6) is -0.792. The minimum atomic E-state index is -0.792. The van der Waals surface area contributed by atoms with Crippen molar-refractivity contribution in [3.8, 4) is 0 Å². The van der Waals surface area contributed by atoms with E-state index in [9.17, 15) is 4.79 Å². The Hall–Kier alpha value is -1.35. The van der Waals surface area contributed by atoms with E-state index in [0.29, 0.717) is 0 Å². The van der Waals surface area contributed by atoms with E-state index in [-0.39, 0.29) is 6.42 Å². The molecular weight excluding hydrogens is 214 g/mol. The predicted octanol–water partition coefficient (Wildman–Crippen LogP) is 2.55. The van der Waals surface area contributed by atoms with Gasteiger partial charge in [-0.3, -0.25) is 4.79 Å². The van der Waals surface area contributed by atoms with Crippen molar-refractivity contribution < 1.29 is 9.90 Å². The first kappa shape index (κ1) is 13.7. The Bertz CT molecular complexity index is 372. The minimum Gasteiger partial charge on any atom is -0.481 e. The number of benzene rings is 1. The summed E-state index contributed by atoms with van der Waals surface area (Å²) < 4.78 is 0. The molecule has 0 bridgehead atoms. The maximum Gasteiger partial charge on any atom is 0.305 e. The van der Waals surface area contributed by atoms with Gasteiger partial charge in [0.25, 0.3) is 0 Å². The van der Waals surface area contributed by atoms with Crippen molar-refractivity contribution in [1.29, 1.82) is 0 Å². The number of aliphatic carboxylic acids is 1. The van der Waals surface area contributed by atoms with E-state index >= 15 is 0 Å². The highest BCUT2D eigenvalue weighted by molar-refractivity contribution is 5.68. The summed E-state index contributed by atoms with van der Waals surface area (Å²) in [5.41, 5.74) is 1.81. The smallest absolute Gasteiger partial charge is 0.305 e. The van der Waals surface area contributed by atoms with Gasteiger partial charge in [-0.15, -0.1) is 0 Å². The highest BCUT2D eigenvalue weighted by Crippen LogP contribution is 2.24. The standard InChI is InChI=1S/C14H21NO2/c1-4-5-11-6-8-12(9-7-11)14(2,15-3)10-13(16)17/h6-9,15H,4-5,10H2,1-3H3,(H,16,17). The molecule has 1 aromatic rings. The van der Waals surface area contributed by atoms with E-state index in [1.165, 1.54) is 5.56 Å². The molecule has 1 aromatic carbocycles. The maximum atomic E-state index is 10.9. The van der Waals surface area contributed by atoms with Crippen LogP contribution < -0.4 is 5.32 Å². The van der Waals surface area contributed by atoms with Crippen molar-refractivity contribution >= 4 is 5.97 Å². The summed E-state index contributed by atoms with van der Waals surface area (Å²) in [6.45, 7) is 4.06. The largest absolute Gasteiger partial charge is 0.481 e. The third kappa shape index (κ3) is 3.56. The van der Waals surface area contributed by atoms with Crippen LogP contribution in [0.1, 0.15) is 37.8 Å². The number of carboxylic acid groups (broad SMARTS) is 1. The van der Waals surface area contributed by atoms with E-state index in [1.54, 1.807) is 7.05 Å². The van der Waals surface area contributed by atoms with Crippen LogP contribution in [-0.4, -0.2) is 18.1 Å². The van der Waals surface area contributed by atoms with Crippen LogP contribution in [0.25, 0.3) is 0 Å². The highest BCUT2D eigenvalue weighted by atomic mass is 16.4. The second-order valence-electron chi connectivity index (χ2n) is 4.60. The summed E-state index contributed by atoms with van der Waals surface area (Å²) in [6, 6.07) is 8.20. The van der Waals surface area contributed by atoms with E-state index < -0.39 is 11.5 Å². The predicted molar refractivity (Wildman–Crippen MR) is 69.1 cm³/mol. The quantitative estimate of drug-likeness (QED) is 0.796. The lowest BCUT2D eigenvalue weighted by Crippen LogP contribution is -2.38. The van der Waals surface area contributed by atoms with Gasteiger partial charge < -0.3 is 10.4 Å². The molecule has 94 valence electrons. The molecule has 0 saturated heterocycles. The average Bonchev–Trinajstić information content (AvgIpc) is 2.29. The molecule has 1 unspecified atom stereocenters. The van der Waals surface area contributed by atoms with Crippen LogP contribution >= 0.6 is 0 Å². The van der Waals surface area contributed by atoms with Crippen LogP contribution in [0.2, 0.25) is 0 Å². The Morgan fingerprint density at radius 1 is 1.35 bits per heavy atom. The number of aryl methyl sites for hydroxylation is 1. The molecule has 0 radical (unpaired) electrons. The number of carbonyl (C=O) groups is 1. The SMILES string of the molecule is CCCc1ccc(C(C)(CC(=O)O)NC)cc1. The summed E-state index contributed by atoms with van der Waals surface area (Å²) in [6.07, 6.45) is 2.27. The third-order valence-corrected chi connectivity index (χ3v) is 3.19. The van der Waals surface area contributed by atoms with Gasteiger partial charge >= 0.3 is 5.97 Å². The van der Waals surface area contributed by atoms with E-state index in [4.69, 9.17) is 5.11 Å². The van der Waals surface area contributed by atoms with Crippen molar-refractivity contribution in [2.75, 3.05) is 7.05 Å². The fourth-order valence-electron chi connectivity index (χ4n) is 1.97. The molecule has 0 aliphatic heterocycles. The van der Waals surface area contributed by atoms with Crippen molar-refractivity contribution in [2.24, 2.45) is 0 Å². The van der Waals surface area contributed by atoms with Crippen molar-refractivity contribution in [2.45, 2.75) is 38.6 Å². The number of nitrogens with one attached hydrogen (secondary N) is 1. The van der Waals surface area contributed by atoms with Crippen molar-refractivity contribution in [3.05, 3.63) is 35.4 Å². The van der Waals surface area contributed by atoms with Crippen LogP contribution in [0, 0.1) is 0 Å². The number of carboxylic acids is 1. The molecule has 0 fully saturated rings. The molecule has 1 atom stereocenters. The second-order valence-corrected chi connectivity index (χ2v) is 4.60. The molecular formula is C14H21NO2. The molecule has 2 N–H and O–H groups in total. The molecule has 0 amide bonds. The van der Waals surface area contributed by atoms with E-state index in [0.717, 1.165) is 18.4 Å². The monoisotopic (exact) mass is 235 g/mol. The van der Waals surface area contributed by atoms with Gasteiger partial charge in [0.15, 0.2) is 0 Å². The van der Waals surface area contributed by atoms with E-state index in [1.807, 2.05) is 19.1 Å². The second kappa shape index (κ2) is 5.82. The fraction of sp³-hybridized carbons (Fsp3) is 0.500. The van der Waals surface area contributed by atoms with Gasteiger partial charge in [0.2, 0.25) is 0 Å². The minimum absolute atomic E-state index is 0.0800. The maximum absolute atomic E-state index is 10.9. The molecule has 0 saturated carbocycles. The summed E-state index contributed by atoms with van der Waals surface area (Å²) in [7, 11) is 1.79. The molecule has 0 aliphatic carbocycles. The topological polar surface area (TPSA) is 49.3 Å². The Labute approximate surface area is 103 Å². The van der Waals surface area contributed by atoms with Gasteiger partial charge in [0.1, 0.15) is 0 Å². The van der Waals surface area contributed by atoms with Crippen LogP contribution in [0.4, 0.5) is 0 Å². The lowest BCUT2D eigenvalue weighted by atomic mass is 9.88. The first-order chi connectivity index (χ1) is 8.01. The van der Waals surface area contributed by atoms with Gasteiger partial charge in [-0.05, 0) is 31.5 Å². The summed E-state index contributed by atoms with van der Waals surface area (Å²) >= 11 is 0. The molecule has 0 spiro atoms. The van der Waals surface area contributed by atoms with Gasteiger partial charge in [-0.2, -0.15) is 0 Å². The molecule has 1 rings (SSSR count).